The second-order valence-corrected chi connectivity index (χ2v) is 3.42. The lowest BCUT2D eigenvalue weighted by atomic mass is 9.94. The summed E-state index contributed by atoms with van der Waals surface area (Å²) in [6.45, 7) is 10.8. The molecule has 0 heterocycles. The van der Waals surface area contributed by atoms with Crippen LogP contribution in [0.5, 0.6) is 0 Å². The van der Waals surface area contributed by atoms with Crippen LogP contribution >= 0.6 is 0 Å². The van der Waals surface area contributed by atoms with Crippen LogP contribution in [0.25, 0.3) is 6.08 Å². The van der Waals surface area contributed by atoms with Crippen LogP contribution in [-0.2, 0) is 6.54 Å². The molecular formula is C12H17N. The highest BCUT2D eigenvalue weighted by Crippen LogP contribution is 2.22. The van der Waals surface area contributed by atoms with E-state index in [0.717, 1.165) is 0 Å². The SMILES string of the molecule is C=Cc1cc(C)c(CN)c(C)c1C. The summed E-state index contributed by atoms with van der Waals surface area (Å²) in [5.41, 5.74) is 12.0. The minimum absolute atomic E-state index is 0.621. The van der Waals surface area contributed by atoms with Gasteiger partial charge in [0.15, 0.2) is 0 Å². The molecule has 0 aromatic heterocycles. The number of nitrogens with two attached hydrogens (primary N) is 1. The summed E-state index contributed by atoms with van der Waals surface area (Å²) < 4.78 is 0. The molecule has 0 amide bonds. The van der Waals surface area contributed by atoms with Gasteiger partial charge in [-0.2, -0.15) is 0 Å². The van der Waals surface area contributed by atoms with E-state index in [0.29, 0.717) is 6.54 Å². The lowest BCUT2D eigenvalue weighted by Gasteiger charge is -2.13. The fourth-order valence-electron chi connectivity index (χ4n) is 1.69. The summed E-state index contributed by atoms with van der Waals surface area (Å²) in [6, 6.07) is 2.15. The summed E-state index contributed by atoms with van der Waals surface area (Å²) >= 11 is 0. The number of hydrogen-bond acceptors (Lipinski definition) is 1. The van der Waals surface area contributed by atoms with Crippen LogP contribution in [-0.4, -0.2) is 0 Å². The zero-order valence-corrected chi connectivity index (χ0v) is 8.65. The molecule has 0 saturated heterocycles. The Morgan fingerprint density at radius 1 is 1.31 bits per heavy atom. The average Bonchev–Trinajstić information content (AvgIpc) is 2.12. The second kappa shape index (κ2) is 3.75. The van der Waals surface area contributed by atoms with Gasteiger partial charge in [-0.1, -0.05) is 18.7 Å². The first kappa shape index (κ1) is 10.0. The van der Waals surface area contributed by atoms with Crippen molar-refractivity contribution < 1.29 is 0 Å². The first-order valence-electron chi connectivity index (χ1n) is 4.54. The number of benzene rings is 1. The summed E-state index contributed by atoms with van der Waals surface area (Å²) in [5.74, 6) is 0. The normalized spacial score (nSPS) is 10.2. The van der Waals surface area contributed by atoms with Gasteiger partial charge in [0.2, 0.25) is 0 Å². The third-order valence-electron chi connectivity index (χ3n) is 2.72. The van der Waals surface area contributed by atoms with E-state index in [2.05, 4.69) is 33.4 Å². The number of aryl methyl sites for hydroxylation is 1. The van der Waals surface area contributed by atoms with Crippen LogP contribution in [0.15, 0.2) is 12.6 Å². The quantitative estimate of drug-likeness (QED) is 0.734. The Morgan fingerprint density at radius 2 is 1.92 bits per heavy atom. The third kappa shape index (κ3) is 1.65. The van der Waals surface area contributed by atoms with E-state index in [9.17, 15) is 0 Å². The molecule has 0 atom stereocenters. The average molecular weight is 175 g/mol. The molecule has 70 valence electrons. The van der Waals surface area contributed by atoms with Gasteiger partial charge in [0.05, 0.1) is 0 Å². The molecule has 1 aromatic rings. The fourth-order valence-corrected chi connectivity index (χ4v) is 1.69. The Labute approximate surface area is 80.3 Å². The van der Waals surface area contributed by atoms with Crippen LogP contribution in [0, 0.1) is 20.8 Å². The molecule has 13 heavy (non-hydrogen) atoms. The van der Waals surface area contributed by atoms with Gasteiger partial charge in [-0.15, -0.1) is 0 Å². The Balaban J connectivity index is 3.45. The minimum atomic E-state index is 0.621. The van der Waals surface area contributed by atoms with Crippen LogP contribution in [0.1, 0.15) is 27.8 Å². The van der Waals surface area contributed by atoms with Gasteiger partial charge in [0.25, 0.3) is 0 Å². The summed E-state index contributed by atoms with van der Waals surface area (Å²) in [7, 11) is 0. The van der Waals surface area contributed by atoms with Crippen molar-refractivity contribution >= 4 is 6.08 Å². The minimum Gasteiger partial charge on any atom is -0.326 e. The standard InChI is InChI=1S/C12H17N/c1-5-11-6-8(2)12(7-13)10(4)9(11)3/h5-6H,1,7,13H2,2-4H3. The molecule has 0 aliphatic carbocycles. The topological polar surface area (TPSA) is 26.0 Å². The van der Waals surface area contributed by atoms with Crippen LogP contribution in [0.2, 0.25) is 0 Å². The highest BCUT2D eigenvalue weighted by atomic mass is 14.5. The van der Waals surface area contributed by atoms with Crippen molar-refractivity contribution in [3.8, 4) is 0 Å². The third-order valence-corrected chi connectivity index (χ3v) is 2.72. The molecule has 0 unspecified atom stereocenters. The van der Waals surface area contributed by atoms with Crippen molar-refractivity contribution in [3.63, 3.8) is 0 Å². The summed E-state index contributed by atoms with van der Waals surface area (Å²) in [6.07, 6.45) is 1.90. The van der Waals surface area contributed by atoms with Crippen LogP contribution in [0.4, 0.5) is 0 Å². The monoisotopic (exact) mass is 175 g/mol. The van der Waals surface area contributed by atoms with E-state index in [1.54, 1.807) is 0 Å². The largest absolute Gasteiger partial charge is 0.326 e. The first-order chi connectivity index (χ1) is 6.11. The predicted octanol–water partition coefficient (Wildman–Crippen LogP) is 2.71. The molecule has 1 rings (SSSR count). The molecule has 0 fully saturated rings. The lowest BCUT2D eigenvalue weighted by Crippen LogP contribution is -2.04. The van der Waals surface area contributed by atoms with Gasteiger partial charge >= 0.3 is 0 Å². The van der Waals surface area contributed by atoms with Gasteiger partial charge in [-0.05, 0) is 48.6 Å². The summed E-state index contributed by atoms with van der Waals surface area (Å²) in [5, 5.41) is 0. The Morgan fingerprint density at radius 3 is 2.38 bits per heavy atom. The molecule has 0 aliphatic rings. The summed E-state index contributed by atoms with van der Waals surface area (Å²) in [4.78, 5) is 0. The zero-order valence-electron chi connectivity index (χ0n) is 8.65. The smallest absolute Gasteiger partial charge is 0.0183 e. The van der Waals surface area contributed by atoms with E-state index in [4.69, 9.17) is 5.73 Å². The molecule has 2 N–H and O–H groups in total. The van der Waals surface area contributed by atoms with Gasteiger partial charge < -0.3 is 5.73 Å². The molecule has 1 nitrogen and oxygen atoms in total. The second-order valence-electron chi connectivity index (χ2n) is 3.42. The van der Waals surface area contributed by atoms with Crippen molar-refractivity contribution in [3.05, 3.63) is 40.5 Å². The van der Waals surface area contributed by atoms with Gasteiger partial charge in [-0.25, -0.2) is 0 Å². The maximum atomic E-state index is 5.69. The Hall–Kier alpha value is -1.08. The van der Waals surface area contributed by atoms with E-state index in [-0.39, 0.29) is 0 Å². The molecule has 0 saturated carbocycles. The van der Waals surface area contributed by atoms with Crippen molar-refractivity contribution in [2.75, 3.05) is 0 Å². The number of hydrogen-bond donors (Lipinski definition) is 1. The Kier molecular flexibility index (Phi) is 2.89. The van der Waals surface area contributed by atoms with Gasteiger partial charge in [0.1, 0.15) is 0 Å². The van der Waals surface area contributed by atoms with Gasteiger partial charge in [0, 0.05) is 6.54 Å². The van der Waals surface area contributed by atoms with Crippen molar-refractivity contribution in [2.45, 2.75) is 27.3 Å². The van der Waals surface area contributed by atoms with E-state index in [1.165, 1.54) is 27.8 Å². The fraction of sp³-hybridized carbons (Fsp3) is 0.333. The van der Waals surface area contributed by atoms with Crippen LogP contribution < -0.4 is 5.73 Å². The molecular weight excluding hydrogens is 158 g/mol. The highest BCUT2D eigenvalue weighted by Gasteiger charge is 2.06. The molecule has 1 aromatic carbocycles. The van der Waals surface area contributed by atoms with E-state index < -0.39 is 0 Å². The lowest BCUT2D eigenvalue weighted by molar-refractivity contribution is 1.02. The Bertz CT molecular complexity index is 337. The van der Waals surface area contributed by atoms with E-state index in [1.807, 2.05) is 6.08 Å². The van der Waals surface area contributed by atoms with Crippen molar-refractivity contribution in [2.24, 2.45) is 5.73 Å². The molecule has 0 bridgehead atoms. The van der Waals surface area contributed by atoms with Gasteiger partial charge in [-0.3, -0.25) is 0 Å². The number of rotatable bonds is 2. The van der Waals surface area contributed by atoms with Crippen molar-refractivity contribution in [1.29, 1.82) is 0 Å². The highest BCUT2D eigenvalue weighted by molar-refractivity contribution is 5.57. The maximum absolute atomic E-state index is 5.69. The molecule has 0 aliphatic heterocycles. The zero-order chi connectivity index (χ0) is 10.0. The van der Waals surface area contributed by atoms with Crippen LogP contribution in [0.3, 0.4) is 0 Å². The molecule has 0 radical (unpaired) electrons. The first-order valence-corrected chi connectivity index (χ1v) is 4.54. The maximum Gasteiger partial charge on any atom is 0.0183 e. The molecule has 0 spiro atoms. The van der Waals surface area contributed by atoms with Crippen molar-refractivity contribution in [1.82, 2.24) is 0 Å². The van der Waals surface area contributed by atoms with E-state index >= 15 is 0 Å². The predicted molar refractivity (Wildman–Crippen MR) is 58.6 cm³/mol. The molecule has 1 heteroatoms.